The molecular formula is C16H19FN2OS. The van der Waals surface area contributed by atoms with Gasteiger partial charge < -0.3 is 5.32 Å². The standard InChI is InChI=1S/C16H19FN2OS/c1-19(11-14-6-4-10-21-14)12-16(20)18-9-8-13-5-2-3-7-15(13)17/h2-7,10H,8-9,11-12H2,1H3,(H,18,20). The summed E-state index contributed by atoms with van der Waals surface area (Å²) in [5, 5.41) is 4.85. The van der Waals surface area contributed by atoms with E-state index in [-0.39, 0.29) is 11.7 Å². The van der Waals surface area contributed by atoms with Crippen LogP contribution >= 0.6 is 11.3 Å². The van der Waals surface area contributed by atoms with Crippen molar-refractivity contribution in [2.24, 2.45) is 0 Å². The first-order chi connectivity index (χ1) is 10.1. The average Bonchev–Trinajstić information content (AvgIpc) is 2.93. The number of carbonyl (C=O) groups excluding carboxylic acids is 1. The molecule has 1 amide bonds. The Balaban J connectivity index is 1.69. The quantitative estimate of drug-likeness (QED) is 0.853. The van der Waals surface area contributed by atoms with Gasteiger partial charge >= 0.3 is 0 Å². The summed E-state index contributed by atoms with van der Waals surface area (Å²) < 4.78 is 13.4. The van der Waals surface area contributed by atoms with Crippen LogP contribution in [0.15, 0.2) is 41.8 Å². The van der Waals surface area contributed by atoms with Crippen molar-refractivity contribution in [3.8, 4) is 0 Å². The summed E-state index contributed by atoms with van der Waals surface area (Å²) in [5.74, 6) is -0.257. The Hall–Kier alpha value is -1.72. The number of nitrogens with one attached hydrogen (secondary N) is 1. The predicted molar refractivity (Wildman–Crippen MR) is 83.8 cm³/mol. The number of thiophene rings is 1. The van der Waals surface area contributed by atoms with E-state index in [1.807, 2.05) is 23.4 Å². The Morgan fingerprint density at radius 3 is 2.81 bits per heavy atom. The summed E-state index contributed by atoms with van der Waals surface area (Å²) in [6.07, 6.45) is 0.507. The van der Waals surface area contributed by atoms with Crippen molar-refractivity contribution in [2.75, 3.05) is 20.1 Å². The molecule has 0 aliphatic rings. The van der Waals surface area contributed by atoms with Crippen LogP contribution in [0.2, 0.25) is 0 Å². The molecule has 0 aliphatic carbocycles. The molecule has 0 spiro atoms. The molecule has 0 atom stereocenters. The molecule has 0 aliphatic heterocycles. The van der Waals surface area contributed by atoms with Crippen LogP contribution in [0.1, 0.15) is 10.4 Å². The first kappa shape index (κ1) is 15.7. The van der Waals surface area contributed by atoms with E-state index in [1.165, 1.54) is 10.9 Å². The number of likely N-dealkylation sites (N-methyl/N-ethyl adjacent to an activating group) is 1. The first-order valence-corrected chi connectivity index (χ1v) is 7.74. The second-order valence-electron chi connectivity index (χ2n) is 4.94. The third kappa shape index (κ3) is 5.28. The molecule has 1 heterocycles. The van der Waals surface area contributed by atoms with Crippen LogP contribution in [-0.4, -0.2) is 30.9 Å². The Morgan fingerprint density at radius 1 is 1.29 bits per heavy atom. The number of nitrogens with zero attached hydrogens (tertiary/aromatic N) is 1. The minimum absolute atomic E-state index is 0.0367. The number of rotatable bonds is 7. The summed E-state index contributed by atoms with van der Waals surface area (Å²) in [5.41, 5.74) is 0.629. The first-order valence-electron chi connectivity index (χ1n) is 6.86. The van der Waals surface area contributed by atoms with E-state index in [9.17, 15) is 9.18 Å². The van der Waals surface area contributed by atoms with Gasteiger partial charge in [-0.1, -0.05) is 24.3 Å². The van der Waals surface area contributed by atoms with Crippen LogP contribution < -0.4 is 5.32 Å². The highest BCUT2D eigenvalue weighted by Crippen LogP contribution is 2.10. The number of benzene rings is 1. The molecule has 1 aromatic carbocycles. The Labute approximate surface area is 128 Å². The molecule has 0 bridgehead atoms. The molecule has 3 nitrogen and oxygen atoms in total. The number of halogens is 1. The van der Waals surface area contributed by atoms with Crippen molar-refractivity contribution in [1.29, 1.82) is 0 Å². The topological polar surface area (TPSA) is 32.3 Å². The zero-order valence-corrected chi connectivity index (χ0v) is 12.8. The van der Waals surface area contributed by atoms with Gasteiger partial charge in [-0.2, -0.15) is 0 Å². The van der Waals surface area contributed by atoms with Gasteiger partial charge in [-0.25, -0.2) is 4.39 Å². The second kappa shape index (κ2) is 7.90. The van der Waals surface area contributed by atoms with E-state index in [4.69, 9.17) is 0 Å². The second-order valence-corrected chi connectivity index (χ2v) is 5.98. The minimum atomic E-state index is -0.221. The highest BCUT2D eigenvalue weighted by molar-refractivity contribution is 7.09. The Bertz CT molecular complexity index is 571. The summed E-state index contributed by atoms with van der Waals surface area (Å²) >= 11 is 1.68. The molecule has 2 aromatic rings. The van der Waals surface area contributed by atoms with Crippen LogP contribution in [0, 0.1) is 5.82 Å². The Morgan fingerprint density at radius 2 is 2.10 bits per heavy atom. The lowest BCUT2D eigenvalue weighted by Gasteiger charge is -2.15. The highest BCUT2D eigenvalue weighted by atomic mass is 32.1. The maximum Gasteiger partial charge on any atom is 0.234 e. The van der Waals surface area contributed by atoms with Gasteiger partial charge in [0.15, 0.2) is 0 Å². The fourth-order valence-electron chi connectivity index (χ4n) is 2.06. The van der Waals surface area contributed by atoms with Gasteiger partial charge in [-0.3, -0.25) is 9.69 Å². The normalized spacial score (nSPS) is 10.8. The van der Waals surface area contributed by atoms with Crippen LogP contribution in [0.25, 0.3) is 0 Å². The van der Waals surface area contributed by atoms with E-state index < -0.39 is 0 Å². The average molecular weight is 306 g/mol. The van der Waals surface area contributed by atoms with E-state index in [1.54, 1.807) is 29.5 Å². The molecule has 1 aromatic heterocycles. The minimum Gasteiger partial charge on any atom is -0.355 e. The monoisotopic (exact) mass is 306 g/mol. The number of hydrogen-bond acceptors (Lipinski definition) is 3. The molecular weight excluding hydrogens is 287 g/mol. The maximum absolute atomic E-state index is 13.4. The van der Waals surface area contributed by atoms with Gasteiger partial charge in [0.25, 0.3) is 0 Å². The van der Waals surface area contributed by atoms with Gasteiger partial charge in [0.1, 0.15) is 5.82 Å². The van der Waals surface area contributed by atoms with Crippen molar-refractivity contribution < 1.29 is 9.18 Å². The zero-order valence-electron chi connectivity index (χ0n) is 12.0. The summed E-state index contributed by atoms with van der Waals surface area (Å²) in [6, 6.07) is 10.7. The number of hydrogen-bond donors (Lipinski definition) is 1. The van der Waals surface area contributed by atoms with Gasteiger partial charge in [0.05, 0.1) is 6.54 Å². The SMILES string of the molecule is CN(CC(=O)NCCc1ccccc1F)Cc1cccs1. The summed E-state index contributed by atoms with van der Waals surface area (Å²) in [7, 11) is 1.91. The summed E-state index contributed by atoms with van der Waals surface area (Å²) in [4.78, 5) is 15.0. The molecule has 0 saturated carbocycles. The third-order valence-corrected chi connectivity index (χ3v) is 3.95. The van der Waals surface area contributed by atoms with Gasteiger partial charge in [-0.15, -0.1) is 11.3 Å². The van der Waals surface area contributed by atoms with E-state index >= 15 is 0 Å². The van der Waals surface area contributed by atoms with Crippen molar-refractivity contribution in [3.63, 3.8) is 0 Å². The molecule has 21 heavy (non-hydrogen) atoms. The molecule has 5 heteroatoms. The van der Waals surface area contributed by atoms with Crippen LogP contribution in [0.5, 0.6) is 0 Å². The van der Waals surface area contributed by atoms with Gasteiger partial charge in [-0.05, 0) is 36.5 Å². The molecule has 0 fully saturated rings. The molecule has 112 valence electrons. The van der Waals surface area contributed by atoms with Crippen molar-refractivity contribution in [3.05, 3.63) is 58.0 Å². The molecule has 0 unspecified atom stereocenters. The van der Waals surface area contributed by atoms with Crippen molar-refractivity contribution in [2.45, 2.75) is 13.0 Å². The predicted octanol–water partition coefficient (Wildman–Crippen LogP) is 2.68. The molecule has 2 rings (SSSR count). The molecule has 0 saturated heterocycles. The number of amides is 1. The van der Waals surface area contributed by atoms with Gasteiger partial charge in [0, 0.05) is 18.0 Å². The fraction of sp³-hybridized carbons (Fsp3) is 0.312. The van der Waals surface area contributed by atoms with E-state index in [0.717, 1.165) is 6.54 Å². The lowest BCUT2D eigenvalue weighted by molar-refractivity contribution is -0.122. The van der Waals surface area contributed by atoms with Gasteiger partial charge in [0.2, 0.25) is 5.91 Å². The van der Waals surface area contributed by atoms with Crippen LogP contribution in [0.3, 0.4) is 0 Å². The van der Waals surface area contributed by atoms with Crippen LogP contribution in [-0.2, 0) is 17.8 Å². The maximum atomic E-state index is 13.4. The van der Waals surface area contributed by atoms with Crippen molar-refractivity contribution >= 4 is 17.2 Å². The largest absolute Gasteiger partial charge is 0.355 e. The smallest absolute Gasteiger partial charge is 0.234 e. The van der Waals surface area contributed by atoms with Crippen molar-refractivity contribution in [1.82, 2.24) is 10.2 Å². The van der Waals surface area contributed by atoms with Crippen LogP contribution in [0.4, 0.5) is 4.39 Å². The highest BCUT2D eigenvalue weighted by Gasteiger charge is 2.08. The fourth-order valence-corrected chi connectivity index (χ4v) is 2.85. The molecule has 0 radical (unpaired) electrons. The summed E-state index contributed by atoms with van der Waals surface area (Å²) in [6.45, 7) is 1.56. The molecule has 1 N–H and O–H groups in total. The number of carbonyl (C=O) groups is 1. The third-order valence-electron chi connectivity index (χ3n) is 3.09. The van der Waals surface area contributed by atoms with E-state index in [0.29, 0.717) is 25.1 Å². The lowest BCUT2D eigenvalue weighted by atomic mass is 10.1. The Kier molecular flexibility index (Phi) is 5.90. The lowest BCUT2D eigenvalue weighted by Crippen LogP contribution is -2.35. The van der Waals surface area contributed by atoms with E-state index in [2.05, 4.69) is 11.4 Å². The zero-order chi connectivity index (χ0) is 15.1.